The summed E-state index contributed by atoms with van der Waals surface area (Å²) in [5.74, 6) is 0. The van der Waals surface area contributed by atoms with E-state index in [1.165, 1.54) is 0 Å². The van der Waals surface area contributed by atoms with Crippen molar-refractivity contribution in [1.29, 1.82) is 0 Å². The molecule has 0 N–H and O–H groups in total. The van der Waals surface area contributed by atoms with Gasteiger partial charge in [-0.15, -0.1) is 0 Å². The van der Waals surface area contributed by atoms with Crippen LogP contribution in [0.2, 0.25) is 0 Å². The summed E-state index contributed by atoms with van der Waals surface area (Å²) in [7, 11) is -0.842. The fraction of sp³-hybridized carbons (Fsp3) is 0.400. The molecule has 0 fully saturated rings. The van der Waals surface area contributed by atoms with Crippen LogP contribution in [0.1, 0.15) is 94.5 Å². The van der Waals surface area contributed by atoms with E-state index in [1.807, 2.05) is 93.6 Å². The molecule has 0 heterocycles. The smallest absolute Gasteiger partial charge is 0.172 e. The summed E-state index contributed by atoms with van der Waals surface area (Å²) in [6, 6.07) is 22.6. The molecule has 3 atom stereocenters. The molecule has 34 heavy (non-hydrogen) atoms. The molecule has 3 aromatic rings. The molecular weight excluding hydrogens is 449 g/mol. The Morgan fingerprint density at radius 2 is 0.765 bits per heavy atom. The normalized spacial score (nSPS) is 15.0. The molecule has 0 spiro atoms. The van der Waals surface area contributed by atoms with E-state index in [-0.39, 0.29) is 0 Å². The van der Waals surface area contributed by atoms with Crippen LogP contribution in [0.5, 0.6) is 0 Å². The Hall–Kier alpha value is -2.20. The Morgan fingerprint density at radius 1 is 0.500 bits per heavy atom. The number of alkyl halides is 3. The van der Waals surface area contributed by atoms with Gasteiger partial charge in [0, 0.05) is 16.7 Å². The predicted octanol–water partition coefficient (Wildman–Crippen LogP) is 10.2. The predicted molar refractivity (Wildman–Crippen MR) is 138 cm³/mol. The number of halogens is 3. The van der Waals surface area contributed by atoms with Gasteiger partial charge < -0.3 is 0 Å². The lowest BCUT2D eigenvalue weighted by molar-refractivity contribution is 0.314. The summed E-state index contributed by atoms with van der Waals surface area (Å²) >= 11 is 0. The van der Waals surface area contributed by atoms with Gasteiger partial charge >= 0.3 is 0 Å². The summed E-state index contributed by atoms with van der Waals surface area (Å²) in [6.45, 7) is 5.91. The lowest BCUT2D eigenvalue weighted by Gasteiger charge is -2.20. The molecule has 182 valence electrons. The van der Waals surface area contributed by atoms with Gasteiger partial charge in [-0.25, -0.2) is 13.2 Å². The third kappa shape index (κ3) is 6.07. The van der Waals surface area contributed by atoms with Crippen molar-refractivity contribution in [2.24, 2.45) is 0 Å². The third-order valence-corrected chi connectivity index (χ3v) is 8.49. The second kappa shape index (κ2) is 13.0. The number of hydrogen-bond acceptors (Lipinski definition) is 0. The molecule has 0 nitrogen and oxygen atoms in total. The van der Waals surface area contributed by atoms with E-state index >= 15 is 13.2 Å². The van der Waals surface area contributed by atoms with E-state index in [0.29, 0.717) is 36.0 Å². The first-order chi connectivity index (χ1) is 16.5. The molecule has 3 aromatic carbocycles. The van der Waals surface area contributed by atoms with Gasteiger partial charge in [0.25, 0.3) is 0 Å². The number of benzene rings is 3. The first-order valence-corrected chi connectivity index (χ1v) is 13.7. The quantitative estimate of drug-likeness (QED) is 0.224. The standard InChI is InChI=1S/C30H36F3S/c1-4-13-25(31)22-16-7-10-19-28(22)34(29-20-11-8-17-23(29)26(32)14-5-2)30-21-12-9-18-24(30)27(33)15-6-3/h7-12,16-21,25-27H,4-6,13-15H2,1-3H3/q+1. The monoisotopic (exact) mass is 485 g/mol. The molecule has 0 radical (unpaired) electrons. The highest BCUT2D eigenvalue weighted by Crippen LogP contribution is 2.44. The Bertz CT molecular complexity index is 903. The molecule has 0 aliphatic rings. The van der Waals surface area contributed by atoms with Crippen molar-refractivity contribution in [3.8, 4) is 0 Å². The Balaban J connectivity index is 2.30. The minimum absolute atomic E-state index is 0.417. The molecule has 0 aliphatic carbocycles. The van der Waals surface area contributed by atoms with Crippen LogP contribution >= 0.6 is 0 Å². The summed E-state index contributed by atoms with van der Waals surface area (Å²) in [4.78, 5) is 2.45. The highest BCUT2D eigenvalue weighted by molar-refractivity contribution is 7.97. The van der Waals surface area contributed by atoms with Crippen LogP contribution in [0, 0.1) is 0 Å². The van der Waals surface area contributed by atoms with Crippen LogP contribution in [-0.2, 0) is 10.9 Å². The molecule has 0 aliphatic heterocycles. The molecule has 3 unspecified atom stereocenters. The molecule has 0 amide bonds. The zero-order valence-corrected chi connectivity index (χ0v) is 21.3. The van der Waals surface area contributed by atoms with Crippen LogP contribution < -0.4 is 0 Å². The molecule has 0 saturated carbocycles. The molecular formula is C30H36F3S+. The van der Waals surface area contributed by atoms with Crippen molar-refractivity contribution in [2.75, 3.05) is 0 Å². The third-order valence-electron chi connectivity index (χ3n) is 6.06. The molecule has 0 aromatic heterocycles. The average molecular weight is 486 g/mol. The van der Waals surface area contributed by atoms with Crippen LogP contribution in [0.25, 0.3) is 0 Å². The highest BCUT2D eigenvalue weighted by atomic mass is 32.2. The lowest BCUT2D eigenvalue weighted by Crippen LogP contribution is -2.14. The van der Waals surface area contributed by atoms with Gasteiger partial charge in [0.1, 0.15) is 29.4 Å². The van der Waals surface area contributed by atoms with Gasteiger partial charge in [0.2, 0.25) is 0 Å². The van der Waals surface area contributed by atoms with Crippen molar-refractivity contribution in [2.45, 2.75) is 92.5 Å². The zero-order valence-electron chi connectivity index (χ0n) is 20.4. The Kier molecular flexibility index (Phi) is 10.1. The van der Waals surface area contributed by atoms with Crippen molar-refractivity contribution in [3.05, 3.63) is 89.5 Å². The van der Waals surface area contributed by atoms with Crippen LogP contribution in [0.15, 0.2) is 87.5 Å². The Labute approximate surface area is 206 Å². The van der Waals surface area contributed by atoms with Crippen molar-refractivity contribution in [1.82, 2.24) is 0 Å². The average Bonchev–Trinajstić information content (AvgIpc) is 2.85. The van der Waals surface area contributed by atoms with Crippen molar-refractivity contribution < 1.29 is 13.2 Å². The van der Waals surface area contributed by atoms with Crippen molar-refractivity contribution >= 4 is 10.9 Å². The highest BCUT2D eigenvalue weighted by Gasteiger charge is 2.39. The fourth-order valence-electron chi connectivity index (χ4n) is 4.36. The topological polar surface area (TPSA) is 0 Å². The summed E-state index contributed by atoms with van der Waals surface area (Å²) in [5.41, 5.74) is 1.86. The zero-order chi connectivity index (χ0) is 24.5. The Morgan fingerprint density at radius 3 is 1.03 bits per heavy atom. The van der Waals surface area contributed by atoms with Gasteiger partial charge in [-0.2, -0.15) is 0 Å². The van der Waals surface area contributed by atoms with Gasteiger partial charge in [0.05, 0.1) is 0 Å². The van der Waals surface area contributed by atoms with Crippen LogP contribution in [-0.4, -0.2) is 0 Å². The van der Waals surface area contributed by atoms with Crippen molar-refractivity contribution in [3.63, 3.8) is 0 Å². The summed E-state index contributed by atoms with van der Waals surface area (Å²) in [5, 5.41) is 0. The van der Waals surface area contributed by atoms with Crippen LogP contribution in [0.4, 0.5) is 13.2 Å². The second-order valence-corrected chi connectivity index (χ2v) is 10.6. The SMILES string of the molecule is CCCC(F)c1ccccc1[S+](c1ccccc1C(F)CCC)c1ccccc1C(F)CCC. The van der Waals surface area contributed by atoms with Gasteiger partial charge in [0.15, 0.2) is 14.7 Å². The minimum Gasteiger partial charge on any atom is -0.242 e. The van der Waals surface area contributed by atoms with E-state index in [2.05, 4.69) is 0 Å². The van der Waals surface area contributed by atoms with E-state index in [4.69, 9.17) is 0 Å². The van der Waals surface area contributed by atoms with Crippen LogP contribution in [0.3, 0.4) is 0 Å². The molecule has 3 rings (SSSR count). The maximum atomic E-state index is 15.4. The van der Waals surface area contributed by atoms with E-state index < -0.39 is 29.4 Å². The van der Waals surface area contributed by atoms with Gasteiger partial charge in [-0.1, -0.05) is 94.6 Å². The molecule has 0 bridgehead atoms. The van der Waals surface area contributed by atoms with E-state index in [1.54, 1.807) is 0 Å². The second-order valence-electron chi connectivity index (χ2n) is 8.69. The van der Waals surface area contributed by atoms with E-state index in [9.17, 15) is 0 Å². The molecule has 4 heteroatoms. The molecule has 0 saturated heterocycles. The fourth-order valence-corrected chi connectivity index (χ4v) is 7.01. The maximum Gasteiger partial charge on any atom is 0.172 e. The first kappa shape index (κ1) is 26.4. The number of rotatable bonds is 12. The summed E-state index contributed by atoms with van der Waals surface area (Å²) in [6.07, 6.45) is 0.0628. The lowest BCUT2D eigenvalue weighted by atomic mass is 10.1. The van der Waals surface area contributed by atoms with Gasteiger partial charge in [-0.3, -0.25) is 0 Å². The first-order valence-electron chi connectivity index (χ1n) is 12.5. The minimum atomic E-state index is -1.12. The largest absolute Gasteiger partial charge is 0.242 e. The number of hydrogen-bond donors (Lipinski definition) is 0. The van der Waals surface area contributed by atoms with Gasteiger partial charge in [-0.05, 0) is 37.5 Å². The van der Waals surface area contributed by atoms with E-state index in [0.717, 1.165) is 33.9 Å². The maximum absolute atomic E-state index is 15.4. The summed E-state index contributed by atoms with van der Waals surface area (Å²) < 4.78 is 46.2.